The molecule has 9 N–H and O–H groups in total. The Morgan fingerprint density at radius 1 is 0.850 bits per heavy atom. The molecule has 11 heteroatoms. The van der Waals surface area contributed by atoms with Crippen molar-refractivity contribution in [3.63, 3.8) is 0 Å². The maximum Gasteiger partial charge on any atom is 0.326 e. The lowest BCUT2D eigenvalue weighted by molar-refractivity contribution is -0.142. The molecule has 0 fully saturated rings. The summed E-state index contributed by atoms with van der Waals surface area (Å²) in [6.07, 6.45) is 4.18. The number of benzene rings is 1. The van der Waals surface area contributed by atoms with Gasteiger partial charge in [-0.15, -0.1) is 0 Å². The highest BCUT2D eigenvalue weighted by atomic mass is 16.4. The molecule has 0 radical (unpaired) electrons. The first-order valence-corrected chi connectivity index (χ1v) is 14.1. The van der Waals surface area contributed by atoms with Crippen LogP contribution in [0.4, 0.5) is 0 Å². The molecule has 1 aromatic heterocycles. The number of hydrogen-bond donors (Lipinski definition) is 7. The van der Waals surface area contributed by atoms with Crippen LogP contribution in [0.25, 0.3) is 10.9 Å². The van der Waals surface area contributed by atoms with Gasteiger partial charge in [0.2, 0.25) is 17.7 Å². The number of carboxylic acid groups (broad SMARTS) is 1. The van der Waals surface area contributed by atoms with Crippen molar-refractivity contribution in [2.45, 2.75) is 90.4 Å². The summed E-state index contributed by atoms with van der Waals surface area (Å²) in [6.45, 7) is 8.09. The van der Waals surface area contributed by atoms with E-state index in [1.165, 1.54) is 0 Å². The van der Waals surface area contributed by atoms with Crippen LogP contribution in [0.2, 0.25) is 0 Å². The first-order chi connectivity index (χ1) is 18.9. The number of carbonyl (C=O) groups is 4. The predicted octanol–water partition coefficient (Wildman–Crippen LogP) is 1.80. The minimum Gasteiger partial charge on any atom is -0.480 e. The largest absolute Gasteiger partial charge is 0.480 e. The van der Waals surface area contributed by atoms with Crippen molar-refractivity contribution in [2.24, 2.45) is 23.3 Å². The summed E-state index contributed by atoms with van der Waals surface area (Å²) in [5, 5.41) is 18.6. The van der Waals surface area contributed by atoms with Crippen molar-refractivity contribution in [3.8, 4) is 0 Å². The van der Waals surface area contributed by atoms with Crippen LogP contribution in [0.1, 0.15) is 65.4 Å². The van der Waals surface area contributed by atoms with Crippen LogP contribution < -0.4 is 27.4 Å². The molecule has 4 atom stereocenters. The van der Waals surface area contributed by atoms with E-state index >= 15 is 0 Å². The van der Waals surface area contributed by atoms with Crippen LogP contribution in [-0.4, -0.2) is 64.5 Å². The molecule has 1 aromatic carbocycles. The van der Waals surface area contributed by atoms with Crippen LogP contribution in [0.3, 0.4) is 0 Å². The summed E-state index contributed by atoms with van der Waals surface area (Å²) in [4.78, 5) is 54.4. The molecule has 1 heterocycles. The Hall–Kier alpha value is -3.44. The number of aliphatic carboxylic acids is 1. The fraction of sp³-hybridized carbons (Fsp3) is 0.586. The van der Waals surface area contributed by atoms with E-state index in [0.717, 1.165) is 16.5 Å². The summed E-state index contributed by atoms with van der Waals surface area (Å²) < 4.78 is 0. The molecule has 0 bridgehead atoms. The second-order valence-corrected chi connectivity index (χ2v) is 11.2. The molecule has 40 heavy (non-hydrogen) atoms. The summed E-state index contributed by atoms with van der Waals surface area (Å²) in [5.41, 5.74) is 13.6. The number of aromatic nitrogens is 1. The molecule has 3 amide bonds. The van der Waals surface area contributed by atoms with Gasteiger partial charge in [0.05, 0.1) is 6.04 Å². The fourth-order valence-electron chi connectivity index (χ4n) is 4.61. The lowest BCUT2D eigenvalue weighted by Gasteiger charge is -2.27. The molecule has 11 nitrogen and oxygen atoms in total. The number of amides is 3. The van der Waals surface area contributed by atoms with Crippen molar-refractivity contribution >= 4 is 34.6 Å². The van der Waals surface area contributed by atoms with Crippen molar-refractivity contribution in [3.05, 3.63) is 36.0 Å². The molecule has 0 saturated heterocycles. The Morgan fingerprint density at radius 2 is 1.40 bits per heavy atom. The van der Waals surface area contributed by atoms with E-state index in [4.69, 9.17) is 11.5 Å². The zero-order valence-corrected chi connectivity index (χ0v) is 24.0. The van der Waals surface area contributed by atoms with E-state index in [0.29, 0.717) is 32.2 Å². The van der Waals surface area contributed by atoms with Gasteiger partial charge in [0.1, 0.15) is 18.1 Å². The number of hydrogen-bond acceptors (Lipinski definition) is 6. The average molecular weight is 559 g/mol. The van der Waals surface area contributed by atoms with E-state index in [1.807, 2.05) is 58.2 Å². The molecule has 2 aromatic rings. The summed E-state index contributed by atoms with van der Waals surface area (Å²) in [6, 6.07) is 3.88. The fourth-order valence-corrected chi connectivity index (χ4v) is 4.61. The maximum absolute atomic E-state index is 13.4. The van der Waals surface area contributed by atoms with Crippen LogP contribution in [0, 0.1) is 11.8 Å². The standard InChI is InChI=1S/C29H46N6O5/c1-17(2)13-24(34-26(36)21(31)15-19-16-32-22-10-6-5-9-20(19)22)28(38)35-25(14-18(3)4)27(37)33-23(29(39)40)11-7-8-12-30/h5-6,9-10,16-18,21,23-25,32H,7-8,11-15,30-31H2,1-4H3,(H,33,37)(H,34,36)(H,35,38)(H,39,40)/t21-,23-,24-,25-/m0/s1. The number of fused-ring (bicyclic) bond motifs is 1. The van der Waals surface area contributed by atoms with Gasteiger partial charge >= 0.3 is 5.97 Å². The smallest absolute Gasteiger partial charge is 0.326 e. The summed E-state index contributed by atoms with van der Waals surface area (Å²) in [7, 11) is 0. The van der Waals surface area contributed by atoms with Gasteiger partial charge in [-0.05, 0) is 68.5 Å². The number of unbranched alkanes of at least 4 members (excludes halogenated alkanes) is 1. The molecular formula is C29H46N6O5. The lowest BCUT2D eigenvalue weighted by atomic mass is 9.99. The SMILES string of the molecule is CC(C)C[C@H](NC(=O)[C@H](CC(C)C)NC(=O)[C@@H](N)Cc1c[nH]c2ccccc12)C(=O)N[C@@H](CCCCN)C(=O)O. The average Bonchev–Trinajstić information content (AvgIpc) is 3.29. The Kier molecular flexibility index (Phi) is 13.1. The van der Waals surface area contributed by atoms with Crippen molar-refractivity contribution < 1.29 is 24.3 Å². The lowest BCUT2D eigenvalue weighted by Crippen LogP contribution is -2.57. The number of para-hydroxylation sites is 1. The molecule has 0 aliphatic carbocycles. The number of rotatable bonds is 17. The Bertz CT molecular complexity index is 1130. The number of aromatic amines is 1. The third-order valence-corrected chi connectivity index (χ3v) is 6.69. The molecule has 0 aliphatic rings. The quantitative estimate of drug-likeness (QED) is 0.144. The Morgan fingerprint density at radius 3 is 1.95 bits per heavy atom. The summed E-state index contributed by atoms with van der Waals surface area (Å²) in [5.74, 6) is -2.60. The van der Waals surface area contributed by atoms with Gasteiger partial charge in [0.25, 0.3) is 0 Å². The van der Waals surface area contributed by atoms with Crippen LogP contribution in [-0.2, 0) is 25.6 Å². The number of carboxylic acids is 1. The number of carbonyl (C=O) groups excluding carboxylic acids is 3. The third-order valence-electron chi connectivity index (χ3n) is 6.69. The second-order valence-electron chi connectivity index (χ2n) is 11.2. The minimum atomic E-state index is -1.14. The van der Waals surface area contributed by atoms with Crippen molar-refractivity contribution in [1.29, 1.82) is 0 Å². The van der Waals surface area contributed by atoms with E-state index in [9.17, 15) is 24.3 Å². The van der Waals surface area contributed by atoms with Gasteiger partial charge in [-0.2, -0.15) is 0 Å². The van der Waals surface area contributed by atoms with E-state index in [1.54, 1.807) is 0 Å². The van der Waals surface area contributed by atoms with Gasteiger partial charge in [0.15, 0.2) is 0 Å². The zero-order chi connectivity index (χ0) is 29.8. The number of nitrogens with two attached hydrogens (primary N) is 2. The monoisotopic (exact) mass is 558 g/mol. The van der Waals surface area contributed by atoms with Crippen molar-refractivity contribution in [1.82, 2.24) is 20.9 Å². The minimum absolute atomic E-state index is 0.0410. The molecule has 0 spiro atoms. The number of nitrogens with one attached hydrogen (secondary N) is 4. The molecule has 0 aliphatic heterocycles. The molecule has 0 unspecified atom stereocenters. The first-order valence-electron chi connectivity index (χ1n) is 14.1. The van der Waals surface area contributed by atoms with E-state index in [-0.39, 0.29) is 24.7 Å². The van der Waals surface area contributed by atoms with Gasteiger partial charge in [0, 0.05) is 17.1 Å². The molecule has 0 saturated carbocycles. The zero-order valence-electron chi connectivity index (χ0n) is 24.0. The van der Waals surface area contributed by atoms with Crippen LogP contribution in [0.15, 0.2) is 30.5 Å². The first kappa shape index (κ1) is 32.8. The molecular weight excluding hydrogens is 512 g/mol. The predicted molar refractivity (Wildman–Crippen MR) is 155 cm³/mol. The topological polar surface area (TPSA) is 192 Å². The van der Waals surface area contributed by atoms with Gasteiger partial charge in [-0.1, -0.05) is 45.9 Å². The maximum atomic E-state index is 13.4. The van der Waals surface area contributed by atoms with Gasteiger partial charge < -0.3 is 37.5 Å². The van der Waals surface area contributed by atoms with E-state index < -0.39 is 47.9 Å². The van der Waals surface area contributed by atoms with Crippen molar-refractivity contribution in [2.75, 3.05) is 6.54 Å². The Balaban J connectivity index is 2.11. The summed E-state index contributed by atoms with van der Waals surface area (Å²) >= 11 is 0. The Labute approximate surface area is 236 Å². The van der Waals surface area contributed by atoms with Crippen LogP contribution >= 0.6 is 0 Å². The van der Waals surface area contributed by atoms with Gasteiger partial charge in [-0.3, -0.25) is 14.4 Å². The normalized spacial score (nSPS) is 14.5. The highest BCUT2D eigenvalue weighted by Gasteiger charge is 2.31. The second kappa shape index (κ2) is 16.0. The van der Waals surface area contributed by atoms with Gasteiger partial charge in [-0.25, -0.2) is 4.79 Å². The highest BCUT2D eigenvalue weighted by Crippen LogP contribution is 2.19. The third kappa shape index (κ3) is 10.3. The molecule has 222 valence electrons. The number of H-pyrrole nitrogens is 1. The molecule has 2 rings (SSSR count). The van der Waals surface area contributed by atoms with Crippen LogP contribution in [0.5, 0.6) is 0 Å². The van der Waals surface area contributed by atoms with E-state index in [2.05, 4.69) is 20.9 Å². The highest BCUT2D eigenvalue weighted by molar-refractivity contribution is 5.94.